The first-order valence-corrected chi connectivity index (χ1v) is 18.9. The lowest BCUT2D eigenvalue weighted by atomic mass is 9.86. The highest BCUT2D eigenvalue weighted by Gasteiger charge is 2.45. The first-order valence-electron chi connectivity index (χ1n) is 16.3. The standard InChI is InChI=1S/C36H45Cl2N5O4S.ClH/c1-24(2)47-31-23-27(36(3,4)5)11-16-30(31)34-40-32(25-7-12-28(37)13-8-25)33(26-9-14-29(38)15-10-26)43(34)35(44)42-21-19-41(20-22-42)18-17-39-48(6,45)46;/h7-16,23-24,32-33,39H,17-22H2,1-6H3;1H/t32-,33+;/m0./s1. The van der Waals surface area contributed by atoms with E-state index in [0.29, 0.717) is 60.9 Å². The Labute approximate surface area is 307 Å². The fraction of sp³-hybridized carbons (Fsp3) is 0.444. The molecule has 0 unspecified atom stereocenters. The van der Waals surface area contributed by atoms with Crippen molar-refractivity contribution in [1.82, 2.24) is 19.4 Å². The van der Waals surface area contributed by atoms with Gasteiger partial charge in [0.15, 0.2) is 0 Å². The number of aliphatic imine (C=N–C) groups is 1. The van der Waals surface area contributed by atoms with E-state index in [1.165, 1.54) is 0 Å². The molecule has 2 aliphatic heterocycles. The van der Waals surface area contributed by atoms with Gasteiger partial charge in [-0.15, -0.1) is 12.4 Å². The number of piperazine rings is 1. The van der Waals surface area contributed by atoms with Gasteiger partial charge < -0.3 is 9.64 Å². The molecular weight excluding hydrogens is 705 g/mol. The van der Waals surface area contributed by atoms with Crippen molar-refractivity contribution in [2.45, 2.75) is 58.2 Å². The molecule has 9 nitrogen and oxygen atoms in total. The summed E-state index contributed by atoms with van der Waals surface area (Å²) in [5.74, 6) is 1.21. The lowest BCUT2D eigenvalue weighted by Gasteiger charge is -2.39. The molecular formula is C36H46Cl3N5O4S. The Balaban J connectivity index is 0.00000541. The van der Waals surface area contributed by atoms with Crippen LogP contribution in [0.4, 0.5) is 4.79 Å². The minimum Gasteiger partial charge on any atom is -0.490 e. The highest BCUT2D eigenvalue weighted by molar-refractivity contribution is 7.88. The number of nitrogens with one attached hydrogen (secondary N) is 1. The summed E-state index contributed by atoms with van der Waals surface area (Å²) >= 11 is 12.6. The minimum atomic E-state index is -3.27. The van der Waals surface area contributed by atoms with Gasteiger partial charge in [0.2, 0.25) is 10.0 Å². The second-order valence-electron chi connectivity index (χ2n) is 13.7. The zero-order chi connectivity index (χ0) is 34.8. The summed E-state index contributed by atoms with van der Waals surface area (Å²) in [6.45, 7) is 13.6. The van der Waals surface area contributed by atoms with Crippen LogP contribution in [0.25, 0.3) is 0 Å². The van der Waals surface area contributed by atoms with E-state index in [1.807, 2.05) is 78.2 Å². The van der Waals surface area contributed by atoms with Gasteiger partial charge in [-0.2, -0.15) is 0 Å². The zero-order valence-corrected chi connectivity index (χ0v) is 32.0. The van der Waals surface area contributed by atoms with Gasteiger partial charge >= 0.3 is 6.03 Å². The maximum absolute atomic E-state index is 14.9. The Morgan fingerprint density at radius 1 is 0.939 bits per heavy atom. The number of carbonyl (C=O) groups is 1. The molecule has 2 amide bonds. The van der Waals surface area contributed by atoms with Crippen molar-refractivity contribution < 1.29 is 17.9 Å². The number of rotatable bonds is 9. The van der Waals surface area contributed by atoms with Gasteiger partial charge in [0, 0.05) is 49.3 Å². The Kier molecular flexibility index (Phi) is 12.7. The van der Waals surface area contributed by atoms with Gasteiger partial charge in [0.25, 0.3) is 0 Å². The molecule has 49 heavy (non-hydrogen) atoms. The van der Waals surface area contributed by atoms with Crippen molar-refractivity contribution in [3.8, 4) is 5.75 Å². The second kappa shape index (κ2) is 16.0. The molecule has 266 valence electrons. The number of nitrogens with zero attached hydrogens (tertiary/aromatic N) is 4. The van der Waals surface area contributed by atoms with E-state index in [-0.39, 0.29) is 30.0 Å². The maximum atomic E-state index is 14.9. The van der Waals surface area contributed by atoms with Crippen LogP contribution in [0.5, 0.6) is 5.75 Å². The molecule has 1 saturated heterocycles. The fourth-order valence-electron chi connectivity index (χ4n) is 6.08. The SMILES string of the molecule is CC(C)Oc1cc(C(C)(C)C)ccc1C1=N[C@@H](c2ccc(Cl)cc2)[C@@H](c2ccc(Cl)cc2)N1C(=O)N1CCN(CCNS(C)(=O)=O)CC1.Cl. The molecule has 0 bridgehead atoms. The Morgan fingerprint density at radius 3 is 2.04 bits per heavy atom. The number of sulfonamides is 1. The highest BCUT2D eigenvalue weighted by atomic mass is 35.5. The van der Waals surface area contributed by atoms with Gasteiger partial charge in [0.1, 0.15) is 17.6 Å². The van der Waals surface area contributed by atoms with Crippen LogP contribution in [0.15, 0.2) is 71.7 Å². The zero-order valence-electron chi connectivity index (χ0n) is 28.8. The number of benzene rings is 3. The summed E-state index contributed by atoms with van der Waals surface area (Å²) in [7, 11) is -3.27. The van der Waals surface area contributed by atoms with Crippen LogP contribution in [0.3, 0.4) is 0 Å². The van der Waals surface area contributed by atoms with Crippen LogP contribution < -0.4 is 9.46 Å². The summed E-state index contributed by atoms with van der Waals surface area (Å²) in [5, 5.41) is 1.22. The van der Waals surface area contributed by atoms with Crippen LogP contribution in [0, 0.1) is 0 Å². The number of ether oxygens (including phenoxy) is 1. The number of urea groups is 1. The average Bonchev–Trinajstić information content (AvgIpc) is 3.40. The number of amidine groups is 1. The maximum Gasteiger partial charge on any atom is 0.326 e. The van der Waals surface area contributed by atoms with Gasteiger partial charge in [-0.25, -0.2) is 17.9 Å². The van der Waals surface area contributed by atoms with Crippen molar-refractivity contribution in [2.24, 2.45) is 4.99 Å². The van der Waals surface area contributed by atoms with Crippen molar-refractivity contribution in [2.75, 3.05) is 45.5 Å². The molecule has 5 rings (SSSR count). The number of halogens is 3. The predicted octanol–water partition coefficient (Wildman–Crippen LogP) is 7.33. The molecule has 3 aromatic carbocycles. The second-order valence-corrected chi connectivity index (χ2v) is 16.4. The molecule has 0 spiro atoms. The van der Waals surface area contributed by atoms with Crippen LogP contribution in [-0.4, -0.2) is 86.6 Å². The van der Waals surface area contributed by atoms with E-state index in [0.717, 1.165) is 28.5 Å². The van der Waals surface area contributed by atoms with E-state index >= 15 is 0 Å². The van der Waals surface area contributed by atoms with Gasteiger partial charge in [-0.3, -0.25) is 14.8 Å². The Morgan fingerprint density at radius 2 is 1.51 bits per heavy atom. The van der Waals surface area contributed by atoms with E-state index in [1.54, 1.807) is 0 Å². The third-order valence-corrected chi connectivity index (χ3v) is 9.81. The molecule has 1 fully saturated rings. The molecule has 0 radical (unpaired) electrons. The van der Waals surface area contributed by atoms with Gasteiger partial charge in [-0.05, 0) is 72.4 Å². The molecule has 2 aliphatic rings. The Bertz CT molecular complexity index is 1740. The fourth-order valence-corrected chi connectivity index (χ4v) is 6.80. The van der Waals surface area contributed by atoms with Crippen molar-refractivity contribution in [1.29, 1.82) is 0 Å². The largest absolute Gasteiger partial charge is 0.490 e. The van der Waals surface area contributed by atoms with E-state index in [4.69, 9.17) is 32.9 Å². The third kappa shape index (κ3) is 9.68. The molecule has 13 heteroatoms. The molecule has 2 atom stereocenters. The number of hydrogen-bond donors (Lipinski definition) is 1. The monoisotopic (exact) mass is 749 g/mol. The quantitative estimate of drug-likeness (QED) is 0.247. The van der Waals surface area contributed by atoms with Crippen LogP contribution in [0.1, 0.15) is 69.0 Å². The third-order valence-electron chi connectivity index (χ3n) is 8.58. The van der Waals surface area contributed by atoms with Crippen LogP contribution in [0.2, 0.25) is 10.0 Å². The lowest BCUT2D eigenvalue weighted by molar-refractivity contribution is 0.120. The number of carbonyl (C=O) groups excluding carboxylic acids is 1. The van der Waals surface area contributed by atoms with E-state index in [2.05, 4.69) is 42.5 Å². The van der Waals surface area contributed by atoms with Crippen molar-refractivity contribution in [3.63, 3.8) is 0 Å². The van der Waals surface area contributed by atoms with E-state index < -0.39 is 22.1 Å². The summed E-state index contributed by atoms with van der Waals surface area (Å²) in [5.41, 5.74) is 3.56. The summed E-state index contributed by atoms with van der Waals surface area (Å²) in [6, 6.07) is 20.3. The van der Waals surface area contributed by atoms with E-state index in [9.17, 15) is 13.2 Å². The molecule has 3 aromatic rings. The topological polar surface area (TPSA) is 94.6 Å². The predicted molar refractivity (Wildman–Crippen MR) is 201 cm³/mol. The molecule has 2 heterocycles. The van der Waals surface area contributed by atoms with Crippen molar-refractivity contribution in [3.05, 3.63) is 99.0 Å². The number of hydrogen-bond acceptors (Lipinski definition) is 6. The molecule has 0 aliphatic carbocycles. The number of amides is 2. The first-order chi connectivity index (χ1) is 22.6. The van der Waals surface area contributed by atoms with Crippen LogP contribution in [-0.2, 0) is 15.4 Å². The molecule has 1 N–H and O–H groups in total. The van der Waals surface area contributed by atoms with Crippen LogP contribution >= 0.6 is 35.6 Å². The smallest absolute Gasteiger partial charge is 0.326 e. The normalized spacial score (nSPS) is 18.8. The minimum absolute atomic E-state index is 0. The average molecular weight is 751 g/mol. The van der Waals surface area contributed by atoms with Gasteiger partial charge in [0.05, 0.1) is 24.0 Å². The lowest BCUT2D eigenvalue weighted by Crippen LogP contribution is -2.54. The van der Waals surface area contributed by atoms with Crippen molar-refractivity contribution >= 4 is 57.5 Å². The summed E-state index contributed by atoms with van der Waals surface area (Å²) < 4.78 is 32.1. The Hall–Kier alpha value is -2.86. The summed E-state index contributed by atoms with van der Waals surface area (Å²) in [4.78, 5) is 26.0. The summed E-state index contributed by atoms with van der Waals surface area (Å²) in [6.07, 6.45) is 1.05. The highest BCUT2D eigenvalue weighted by Crippen LogP contribution is 2.46. The van der Waals surface area contributed by atoms with Gasteiger partial charge in [-0.1, -0.05) is 74.3 Å². The molecule has 0 aromatic heterocycles. The first kappa shape index (κ1) is 38.9. The molecule has 0 saturated carbocycles.